The molecular weight excluding hydrogens is 773 g/mol. The van der Waals surface area contributed by atoms with Crippen LogP contribution in [0, 0.1) is 0 Å². The third-order valence-corrected chi connectivity index (χ3v) is 12.8. The Kier molecular flexibility index (Phi) is 9.20. The van der Waals surface area contributed by atoms with Gasteiger partial charge in [-0.25, -0.2) is 0 Å². The molecule has 0 amide bonds. The maximum atomic E-state index is 2.41. The van der Waals surface area contributed by atoms with E-state index in [0.29, 0.717) is 0 Å². The zero-order valence-electron chi connectivity index (χ0n) is 35.1. The van der Waals surface area contributed by atoms with E-state index >= 15 is 0 Å². The summed E-state index contributed by atoms with van der Waals surface area (Å²) in [5.41, 5.74) is 16.5. The minimum absolute atomic E-state index is 1.10. The first kappa shape index (κ1) is 37.3. The van der Waals surface area contributed by atoms with E-state index in [1.54, 1.807) is 0 Å². The quantitative estimate of drug-likeness (QED) is 0.148. The SMILES string of the molecule is c1cc(-c2ccc(N(c3ccc(-c4ccc(-c5ccccc5-n5c6ccccc6c6ccccc65)cc4)cc3)c3ccc4ccccc4c3)cc2)cc(-c2ccc3ccccc3c2)c1. The van der Waals surface area contributed by atoms with E-state index in [1.807, 2.05) is 0 Å². The van der Waals surface area contributed by atoms with Crippen LogP contribution in [-0.2, 0) is 0 Å². The van der Waals surface area contributed by atoms with Crippen LogP contribution in [0.4, 0.5) is 17.1 Å². The van der Waals surface area contributed by atoms with E-state index in [4.69, 9.17) is 0 Å². The molecular formula is C62H42N2. The summed E-state index contributed by atoms with van der Waals surface area (Å²) in [5.74, 6) is 0. The molecule has 0 radical (unpaired) electrons. The molecule has 0 saturated carbocycles. The Balaban J connectivity index is 0.864. The number of benzene rings is 11. The van der Waals surface area contributed by atoms with Crippen molar-refractivity contribution in [2.45, 2.75) is 0 Å². The average Bonchev–Trinajstić information content (AvgIpc) is 3.71. The molecule has 0 N–H and O–H groups in total. The van der Waals surface area contributed by atoms with Crippen LogP contribution in [0.15, 0.2) is 255 Å². The van der Waals surface area contributed by atoms with Crippen LogP contribution in [0.5, 0.6) is 0 Å². The molecule has 1 heterocycles. The maximum Gasteiger partial charge on any atom is 0.0541 e. The summed E-state index contributed by atoms with van der Waals surface area (Å²) >= 11 is 0. The fourth-order valence-electron chi connectivity index (χ4n) is 9.55. The molecule has 64 heavy (non-hydrogen) atoms. The fourth-order valence-corrected chi connectivity index (χ4v) is 9.55. The third-order valence-electron chi connectivity index (χ3n) is 12.8. The lowest BCUT2D eigenvalue weighted by Gasteiger charge is -2.26. The second-order valence-electron chi connectivity index (χ2n) is 16.6. The standard InChI is InChI=1S/C62H42N2/c1-3-14-49-41-53(29-26-43(49)12-1)51-17-11-16-50(40-51)47-32-37-55(38-33-47)63(56-39-34-44-13-2-4-15-52(44)42-56)54-35-30-46(31-36-54)45-24-27-48(28-25-45)57-18-5-8-21-60(57)64-61-22-9-6-19-58(61)59-20-7-10-23-62(59)64/h1-42H. The van der Waals surface area contributed by atoms with E-state index in [-0.39, 0.29) is 0 Å². The highest BCUT2D eigenvalue weighted by atomic mass is 15.1. The van der Waals surface area contributed by atoms with Gasteiger partial charge < -0.3 is 9.47 Å². The second kappa shape index (κ2) is 15.8. The number of nitrogens with zero attached hydrogens (tertiary/aromatic N) is 2. The Bertz CT molecular complexity index is 3600. The molecule has 11 aromatic carbocycles. The fraction of sp³-hybridized carbons (Fsp3) is 0. The molecule has 12 aromatic rings. The lowest BCUT2D eigenvalue weighted by molar-refractivity contribution is 1.18. The summed E-state index contributed by atoms with van der Waals surface area (Å²) in [6, 6.07) is 92.6. The van der Waals surface area contributed by atoms with Gasteiger partial charge in [-0.05, 0) is 127 Å². The number of hydrogen-bond acceptors (Lipinski definition) is 1. The monoisotopic (exact) mass is 814 g/mol. The van der Waals surface area contributed by atoms with Crippen molar-refractivity contribution in [3.63, 3.8) is 0 Å². The summed E-state index contributed by atoms with van der Waals surface area (Å²) in [4.78, 5) is 2.36. The van der Waals surface area contributed by atoms with Gasteiger partial charge in [0.05, 0.1) is 16.7 Å². The Morgan fingerprint density at radius 2 is 0.672 bits per heavy atom. The summed E-state index contributed by atoms with van der Waals surface area (Å²) in [6.45, 7) is 0. The highest BCUT2D eigenvalue weighted by molar-refractivity contribution is 6.09. The maximum absolute atomic E-state index is 2.41. The van der Waals surface area contributed by atoms with Crippen molar-refractivity contribution in [2.75, 3.05) is 4.90 Å². The van der Waals surface area contributed by atoms with Gasteiger partial charge in [-0.1, -0.05) is 188 Å². The third kappa shape index (κ3) is 6.70. The largest absolute Gasteiger partial charge is 0.310 e. The zero-order chi connectivity index (χ0) is 42.4. The number of para-hydroxylation sites is 3. The summed E-state index contributed by atoms with van der Waals surface area (Å²) in [6.07, 6.45) is 0. The second-order valence-corrected chi connectivity index (χ2v) is 16.6. The molecule has 12 rings (SSSR count). The molecule has 2 nitrogen and oxygen atoms in total. The van der Waals surface area contributed by atoms with Crippen molar-refractivity contribution >= 4 is 60.4 Å². The number of aromatic nitrogens is 1. The minimum Gasteiger partial charge on any atom is -0.310 e. The Morgan fingerprint density at radius 3 is 1.31 bits per heavy atom. The molecule has 0 aliphatic carbocycles. The van der Waals surface area contributed by atoms with E-state index in [2.05, 4.69) is 264 Å². The van der Waals surface area contributed by atoms with Crippen LogP contribution in [0.2, 0.25) is 0 Å². The van der Waals surface area contributed by atoms with Crippen molar-refractivity contribution in [2.24, 2.45) is 0 Å². The van der Waals surface area contributed by atoms with Gasteiger partial charge in [0.2, 0.25) is 0 Å². The van der Waals surface area contributed by atoms with Gasteiger partial charge in [0.1, 0.15) is 0 Å². The van der Waals surface area contributed by atoms with Crippen LogP contribution in [0.25, 0.3) is 93.5 Å². The van der Waals surface area contributed by atoms with Crippen molar-refractivity contribution in [1.29, 1.82) is 0 Å². The molecule has 0 spiro atoms. The molecule has 0 atom stereocenters. The first-order valence-corrected chi connectivity index (χ1v) is 22.0. The highest BCUT2D eigenvalue weighted by Crippen LogP contribution is 2.40. The van der Waals surface area contributed by atoms with Gasteiger partial charge in [0.25, 0.3) is 0 Å². The molecule has 2 heteroatoms. The predicted molar refractivity (Wildman–Crippen MR) is 272 cm³/mol. The van der Waals surface area contributed by atoms with Crippen LogP contribution in [-0.4, -0.2) is 4.57 Å². The van der Waals surface area contributed by atoms with Crippen LogP contribution in [0.3, 0.4) is 0 Å². The first-order chi connectivity index (χ1) is 31.7. The summed E-state index contributed by atoms with van der Waals surface area (Å²) in [7, 11) is 0. The molecule has 0 saturated heterocycles. The van der Waals surface area contributed by atoms with Crippen molar-refractivity contribution in [1.82, 2.24) is 4.57 Å². The lowest BCUT2D eigenvalue weighted by Crippen LogP contribution is -2.09. The molecule has 0 aliphatic rings. The molecule has 0 aliphatic heterocycles. The highest BCUT2D eigenvalue weighted by Gasteiger charge is 2.17. The minimum atomic E-state index is 1.10. The van der Waals surface area contributed by atoms with E-state index in [9.17, 15) is 0 Å². The molecule has 300 valence electrons. The Labute approximate surface area is 373 Å². The Morgan fingerprint density at radius 1 is 0.250 bits per heavy atom. The number of fused-ring (bicyclic) bond motifs is 5. The van der Waals surface area contributed by atoms with Gasteiger partial charge in [-0.15, -0.1) is 0 Å². The number of hydrogen-bond donors (Lipinski definition) is 0. The lowest BCUT2D eigenvalue weighted by atomic mass is 9.97. The van der Waals surface area contributed by atoms with E-state index in [1.165, 1.54) is 93.5 Å². The average molecular weight is 815 g/mol. The van der Waals surface area contributed by atoms with Crippen LogP contribution in [0.1, 0.15) is 0 Å². The van der Waals surface area contributed by atoms with E-state index in [0.717, 1.165) is 17.1 Å². The first-order valence-electron chi connectivity index (χ1n) is 22.0. The Hall–Kier alpha value is -8.46. The van der Waals surface area contributed by atoms with Crippen molar-refractivity contribution in [3.8, 4) is 50.2 Å². The van der Waals surface area contributed by atoms with Gasteiger partial charge >= 0.3 is 0 Å². The van der Waals surface area contributed by atoms with Crippen LogP contribution >= 0.6 is 0 Å². The van der Waals surface area contributed by atoms with Gasteiger partial charge in [-0.2, -0.15) is 0 Å². The smallest absolute Gasteiger partial charge is 0.0541 e. The molecule has 0 unspecified atom stereocenters. The van der Waals surface area contributed by atoms with Gasteiger partial charge in [-0.3, -0.25) is 0 Å². The topological polar surface area (TPSA) is 8.17 Å². The summed E-state index contributed by atoms with van der Waals surface area (Å²) < 4.78 is 2.41. The zero-order valence-corrected chi connectivity index (χ0v) is 35.1. The molecule has 0 bridgehead atoms. The van der Waals surface area contributed by atoms with Gasteiger partial charge in [0, 0.05) is 33.4 Å². The molecule has 1 aromatic heterocycles. The van der Waals surface area contributed by atoms with Crippen LogP contribution < -0.4 is 4.90 Å². The van der Waals surface area contributed by atoms with Crippen molar-refractivity contribution in [3.05, 3.63) is 255 Å². The molecule has 0 fully saturated rings. The number of anilines is 3. The van der Waals surface area contributed by atoms with E-state index < -0.39 is 0 Å². The van der Waals surface area contributed by atoms with Gasteiger partial charge in [0.15, 0.2) is 0 Å². The number of rotatable bonds is 8. The predicted octanol–water partition coefficient (Wildman–Crippen LogP) is 17.2. The normalized spacial score (nSPS) is 11.4. The summed E-state index contributed by atoms with van der Waals surface area (Å²) in [5, 5.41) is 7.48. The van der Waals surface area contributed by atoms with Crippen molar-refractivity contribution < 1.29 is 0 Å².